The van der Waals surface area contributed by atoms with Gasteiger partial charge in [0.1, 0.15) is 17.7 Å². The van der Waals surface area contributed by atoms with Gasteiger partial charge in [-0.1, -0.05) is 6.07 Å². The van der Waals surface area contributed by atoms with E-state index in [-0.39, 0.29) is 17.8 Å². The van der Waals surface area contributed by atoms with Crippen LogP contribution in [0, 0.1) is 0 Å². The second-order valence-electron chi connectivity index (χ2n) is 6.55. The average molecular weight is 360 g/mol. The monoisotopic (exact) mass is 360 g/mol. The lowest BCUT2D eigenvalue weighted by molar-refractivity contribution is -0.895. The molecule has 4 rings (SSSR count). The molecular formula is C18H22N3O3S+. The van der Waals surface area contributed by atoms with Gasteiger partial charge < -0.3 is 25.4 Å². The molecule has 0 saturated heterocycles. The van der Waals surface area contributed by atoms with E-state index in [1.54, 1.807) is 29.5 Å². The lowest BCUT2D eigenvalue weighted by Gasteiger charge is -2.27. The Kier molecular flexibility index (Phi) is 4.05. The van der Waals surface area contributed by atoms with Crippen molar-refractivity contribution < 1.29 is 19.5 Å². The van der Waals surface area contributed by atoms with E-state index in [4.69, 9.17) is 4.74 Å². The maximum absolute atomic E-state index is 12.7. The van der Waals surface area contributed by atoms with Crippen molar-refractivity contribution in [1.82, 2.24) is 5.32 Å². The Bertz CT molecular complexity index is 833. The highest BCUT2D eigenvalue weighted by Crippen LogP contribution is 2.39. The van der Waals surface area contributed by atoms with Crippen molar-refractivity contribution >= 4 is 22.2 Å². The molecule has 4 N–H and O–H groups in total. The fraction of sp³-hybridized carbons (Fsp3) is 0.389. The molecule has 3 heterocycles. The normalized spacial score (nSPS) is 21.8. The van der Waals surface area contributed by atoms with Crippen LogP contribution in [0.15, 0.2) is 18.2 Å². The van der Waals surface area contributed by atoms with Crippen LogP contribution in [0.1, 0.15) is 39.5 Å². The van der Waals surface area contributed by atoms with Crippen LogP contribution in [-0.2, 0) is 13.0 Å². The number of likely N-dealkylation sites (N-methyl/N-ethyl adjacent to an activating group) is 1. The summed E-state index contributed by atoms with van der Waals surface area (Å²) in [4.78, 5) is 15.5. The first-order valence-corrected chi connectivity index (χ1v) is 9.37. The summed E-state index contributed by atoms with van der Waals surface area (Å²) >= 11 is 1.69. The maximum atomic E-state index is 12.7. The smallest absolute Gasteiger partial charge is 0.256 e. The Hall–Kier alpha value is -2.25. The first-order valence-electron chi connectivity index (χ1n) is 8.55. The van der Waals surface area contributed by atoms with Gasteiger partial charge in [0, 0.05) is 6.42 Å². The number of amides is 1. The van der Waals surface area contributed by atoms with Crippen LogP contribution in [0.2, 0.25) is 0 Å². The second kappa shape index (κ2) is 6.24. The Labute approximate surface area is 150 Å². The van der Waals surface area contributed by atoms with E-state index in [1.165, 1.54) is 15.3 Å². The van der Waals surface area contributed by atoms with E-state index in [1.807, 2.05) is 6.92 Å². The summed E-state index contributed by atoms with van der Waals surface area (Å²) in [6.07, 6.45) is 0.616. The number of anilines is 1. The standard InChI is InChI=1S/C18H21N3O3S/c1-3-24-13-8-10(4-5-12(13)22)16-19-17(23)15-11-6-7-21(2)9-14(11)25-18(15)20-16/h4-5,8,16,20,22H,3,6-7,9H2,1-2H3,(H,19,23)/p+1/t16-/m1/s1. The molecule has 1 aromatic carbocycles. The predicted molar refractivity (Wildman–Crippen MR) is 96.6 cm³/mol. The van der Waals surface area contributed by atoms with Crippen molar-refractivity contribution in [2.45, 2.75) is 26.1 Å². The van der Waals surface area contributed by atoms with Crippen LogP contribution < -0.4 is 20.3 Å². The van der Waals surface area contributed by atoms with Crippen LogP contribution in [0.3, 0.4) is 0 Å². The third kappa shape index (κ3) is 2.83. The highest BCUT2D eigenvalue weighted by atomic mass is 32.1. The number of ether oxygens (including phenoxy) is 1. The van der Waals surface area contributed by atoms with Gasteiger partial charge in [-0.2, -0.15) is 0 Å². The van der Waals surface area contributed by atoms with E-state index < -0.39 is 0 Å². The van der Waals surface area contributed by atoms with Gasteiger partial charge in [-0.25, -0.2) is 0 Å². The molecule has 0 radical (unpaired) electrons. The molecule has 0 aliphatic carbocycles. The van der Waals surface area contributed by atoms with Crippen molar-refractivity contribution in [3.63, 3.8) is 0 Å². The number of rotatable bonds is 3. The molecule has 1 unspecified atom stereocenters. The van der Waals surface area contributed by atoms with Crippen molar-refractivity contribution in [2.75, 3.05) is 25.5 Å². The zero-order valence-electron chi connectivity index (χ0n) is 14.3. The maximum Gasteiger partial charge on any atom is 0.256 e. The molecule has 0 spiro atoms. The third-order valence-electron chi connectivity index (χ3n) is 4.75. The summed E-state index contributed by atoms with van der Waals surface area (Å²) in [5.41, 5.74) is 2.87. The van der Waals surface area contributed by atoms with Gasteiger partial charge >= 0.3 is 0 Å². The molecule has 132 valence electrons. The fourth-order valence-corrected chi connectivity index (χ4v) is 4.87. The molecule has 1 amide bonds. The largest absolute Gasteiger partial charge is 0.504 e. The number of phenolic OH excluding ortho intramolecular Hbond substituents is 1. The van der Waals surface area contributed by atoms with Crippen molar-refractivity contribution in [3.8, 4) is 11.5 Å². The van der Waals surface area contributed by atoms with Crippen LogP contribution in [0.4, 0.5) is 5.00 Å². The minimum atomic E-state index is -0.329. The summed E-state index contributed by atoms with van der Waals surface area (Å²) in [5, 5.41) is 17.3. The topological polar surface area (TPSA) is 75.0 Å². The number of carbonyl (C=O) groups excluding carboxylic acids is 1. The van der Waals surface area contributed by atoms with E-state index >= 15 is 0 Å². The van der Waals surface area contributed by atoms with Gasteiger partial charge in [-0.05, 0) is 30.2 Å². The molecule has 1 aromatic heterocycles. The van der Waals surface area contributed by atoms with E-state index in [0.717, 1.165) is 35.6 Å². The number of aromatic hydroxyl groups is 1. The molecule has 0 saturated carbocycles. The van der Waals surface area contributed by atoms with Gasteiger partial charge in [0.25, 0.3) is 5.91 Å². The predicted octanol–water partition coefficient (Wildman–Crippen LogP) is 1.28. The average Bonchev–Trinajstić information content (AvgIpc) is 2.94. The molecular weight excluding hydrogens is 338 g/mol. The van der Waals surface area contributed by atoms with Crippen molar-refractivity contribution in [2.24, 2.45) is 0 Å². The Morgan fingerprint density at radius 3 is 3.04 bits per heavy atom. The molecule has 2 atom stereocenters. The highest BCUT2D eigenvalue weighted by Gasteiger charge is 2.34. The highest BCUT2D eigenvalue weighted by molar-refractivity contribution is 7.16. The van der Waals surface area contributed by atoms with Gasteiger partial charge in [-0.3, -0.25) is 4.79 Å². The molecule has 0 fully saturated rings. The SMILES string of the molecule is CCOc1cc([C@@H]2NC(=O)c3c(sc4c3CC[NH+](C)C4)N2)ccc1O. The molecule has 6 nitrogen and oxygen atoms in total. The Morgan fingerprint density at radius 2 is 2.24 bits per heavy atom. The van der Waals surface area contributed by atoms with Crippen molar-refractivity contribution in [1.29, 1.82) is 0 Å². The number of carbonyl (C=O) groups is 1. The van der Waals surface area contributed by atoms with E-state index in [2.05, 4.69) is 17.7 Å². The summed E-state index contributed by atoms with van der Waals surface area (Å²) < 4.78 is 5.45. The second-order valence-corrected chi connectivity index (χ2v) is 7.66. The fourth-order valence-electron chi connectivity index (χ4n) is 3.48. The zero-order valence-corrected chi connectivity index (χ0v) is 15.1. The zero-order chi connectivity index (χ0) is 17.6. The van der Waals surface area contributed by atoms with Crippen LogP contribution in [0.25, 0.3) is 0 Å². The first-order chi connectivity index (χ1) is 12.1. The van der Waals surface area contributed by atoms with E-state index in [9.17, 15) is 9.90 Å². The third-order valence-corrected chi connectivity index (χ3v) is 5.91. The lowest BCUT2D eigenvalue weighted by atomic mass is 10.0. The number of fused-ring (bicyclic) bond motifs is 3. The summed E-state index contributed by atoms with van der Waals surface area (Å²) in [6.45, 7) is 4.37. The molecule has 25 heavy (non-hydrogen) atoms. The summed E-state index contributed by atoms with van der Waals surface area (Å²) in [7, 11) is 2.18. The molecule has 2 aliphatic heterocycles. The van der Waals surface area contributed by atoms with Gasteiger partial charge in [-0.15, -0.1) is 11.3 Å². The lowest BCUT2D eigenvalue weighted by Crippen LogP contribution is -3.08. The Morgan fingerprint density at radius 1 is 1.40 bits per heavy atom. The van der Waals surface area contributed by atoms with Gasteiger partial charge in [0.2, 0.25) is 0 Å². The number of nitrogens with one attached hydrogen (secondary N) is 3. The van der Waals surface area contributed by atoms with Crippen LogP contribution >= 0.6 is 11.3 Å². The number of quaternary nitrogens is 1. The number of thiophene rings is 1. The van der Waals surface area contributed by atoms with Gasteiger partial charge in [0.05, 0.1) is 30.6 Å². The molecule has 2 aliphatic rings. The summed E-state index contributed by atoms with van der Waals surface area (Å²) in [6, 6.07) is 5.17. The van der Waals surface area contributed by atoms with Crippen LogP contribution in [0.5, 0.6) is 11.5 Å². The first kappa shape index (κ1) is 16.2. The van der Waals surface area contributed by atoms with E-state index in [0.29, 0.717) is 12.4 Å². The minimum absolute atomic E-state index is 0.0261. The number of phenols is 1. The molecule has 7 heteroatoms. The number of hydrogen-bond acceptors (Lipinski definition) is 5. The quantitative estimate of drug-likeness (QED) is 0.665. The van der Waals surface area contributed by atoms with Gasteiger partial charge in [0.15, 0.2) is 11.5 Å². The van der Waals surface area contributed by atoms with Crippen molar-refractivity contribution in [3.05, 3.63) is 39.8 Å². The molecule has 2 aromatic rings. The Balaban J connectivity index is 1.66. The molecule has 0 bridgehead atoms. The summed E-state index contributed by atoms with van der Waals surface area (Å²) in [5.74, 6) is 0.505. The minimum Gasteiger partial charge on any atom is -0.504 e. The number of hydrogen-bond donors (Lipinski definition) is 4. The number of benzene rings is 1. The van der Waals surface area contributed by atoms with Crippen LogP contribution in [-0.4, -0.2) is 31.2 Å².